The zero-order valence-corrected chi connectivity index (χ0v) is 21.0. The molecule has 0 radical (unpaired) electrons. The van der Waals surface area contributed by atoms with Gasteiger partial charge in [0.1, 0.15) is 5.82 Å². The summed E-state index contributed by atoms with van der Waals surface area (Å²) in [5, 5.41) is 9.16. The number of benzene rings is 1. The average Bonchev–Trinajstić information content (AvgIpc) is 3.41. The van der Waals surface area contributed by atoms with Gasteiger partial charge < -0.3 is 9.13 Å². The summed E-state index contributed by atoms with van der Waals surface area (Å²) in [6, 6.07) is 12.3. The Labute approximate surface area is 199 Å². The third-order valence-corrected chi connectivity index (χ3v) is 9.25. The summed E-state index contributed by atoms with van der Waals surface area (Å²) < 4.78 is 27.5. The lowest BCUT2D eigenvalue weighted by Crippen LogP contribution is -2.11. The number of carbonyl (C=O) groups excluding carboxylic acids is 1. The van der Waals surface area contributed by atoms with Gasteiger partial charge in [-0.05, 0) is 44.2 Å². The molecule has 0 saturated carbocycles. The van der Waals surface area contributed by atoms with Gasteiger partial charge in [-0.3, -0.25) is 4.79 Å². The van der Waals surface area contributed by atoms with E-state index in [-0.39, 0.29) is 29.0 Å². The monoisotopic (exact) mass is 486 g/mol. The largest absolute Gasteiger partial charge is 0.348 e. The van der Waals surface area contributed by atoms with Crippen LogP contribution in [0.5, 0.6) is 0 Å². The highest BCUT2D eigenvalue weighted by atomic mass is 32.2. The van der Waals surface area contributed by atoms with Crippen LogP contribution >= 0.6 is 11.8 Å². The highest BCUT2D eigenvalue weighted by Crippen LogP contribution is 2.25. The molecule has 3 aromatic rings. The van der Waals surface area contributed by atoms with E-state index in [4.69, 9.17) is 0 Å². The van der Waals surface area contributed by atoms with Crippen molar-refractivity contribution < 1.29 is 13.2 Å². The summed E-state index contributed by atoms with van der Waals surface area (Å²) in [5.41, 5.74) is 4.12. The van der Waals surface area contributed by atoms with Crippen LogP contribution in [0, 0.1) is 19.8 Å². The number of Topliss-reactive ketones (excluding diaryl/α,β-unsaturated/α-hetero) is 1. The van der Waals surface area contributed by atoms with Crippen molar-refractivity contribution in [1.82, 2.24) is 19.3 Å². The summed E-state index contributed by atoms with van der Waals surface area (Å²) >= 11 is 1.37. The van der Waals surface area contributed by atoms with Crippen LogP contribution in [0.25, 0.3) is 0 Å². The van der Waals surface area contributed by atoms with Gasteiger partial charge in [-0.25, -0.2) is 8.42 Å². The van der Waals surface area contributed by atoms with Gasteiger partial charge >= 0.3 is 0 Å². The molecular weight excluding hydrogens is 456 g/mol. The molecule has 0 amide bonds. The maximum atomic E-state index is 13.0. The van der Waals surface area contributed by atoms with Gasteiger partial charge in [-0.15, -0.1) is 10.2 Å². The fourth-order valence-electron chi connectivity index (χ4n) is 4.46. The first-order chi connectivity index (χ1) is 15.7. The number of hydrogen-bond acceptors (Lipinski definition) is 6. The lowest BCUT2D eigenvalue weighted by molar-refractivity contribution is 0.102. The topological polar surface area (TPSA) is 86.9 Å². The number of aryl methyl sites for hydroxylation is 2. The van der Waals surface area contributed by atoms with Crippen LogP contribution in [0.4, 0.5) is 0 Å². The van der Waals surface area contributed by atoms with E-state index in [1.54, 1.807) is 0 Å². The molecule has 2 aromatic heterocycles. The number of sulfone groups is 1. The number of thioether (sulfide) groups is 1. The first-order valence-electron chi connectivity index (χ1n) is 11.2. The maximum Gasteiger partial charge on any atom is 0.191 e. The van der Waals surface area contributed by atoms with Crippen molar-refractivity contribution in [1.29, 1.82) is 0 Å². The molecule has 3 heterocycles. The zero-order valence-electron chi connectivity index (χ0n) is 19.3. The van der Waals surface area contributed by atoms with E-state index < -0.39 is 9.84 Å². The number of carbonyl (C=O) groups is 1. The molecule has 0 aliphatic carbocycles. The van der Waals surface area contributed by atoms with Crippen molar-refractivity contribution in [3.63, 3.8) is 0 Å². The van der Waals surface area contributed by atoms with Gasteiger partial charge in [0.05, 0.1) is 17.3 Å². The fraction of sp³-hybridized carbons (Fsp3) is 0.458. The molecule has 9 heteroatoms. The zero-order chi connectivity index (χ0) is 23.6. The molecule has 1 aliphatic heterocycles. The van der Waals surface area contributed by atoms with Gasteiger partial charge in [0, 0.05) is 37.0 Å². The molecule has 0 N–H and O–H groups in total. The van der Waals surface area contributed by atoms with Crippen molar-refractivity contribution in [3.05, 3.63) is 64.7 Å². The predicted octanol–water partition coefficient (Wildman–Crippen LogP) is 3.43. The van der Waals surface area contributed by atoms with E-state index in [0.717, 1.165) is 35.7 Å². The minimum Gasteiger partial charge on any atom is -0.348 e. The van der Waals surface area contributed by atoms with E-state index in [2.05, 4.69) is 26.9 Å². The van der Waals surface area contributed by atoms with Crippen molar-refractivity contribution in [2.24, 2.45) is 13.0 Å². The smallest absolute Gasteiger partial charge is 0.191 e. The second-order valence-corrected chi connectivity index (χ2v) is 12.0. The number of aromatic nitrogens is 4. The summed E-state index contributed by atoms with van der Waals surface area (Å²) in [4.78, 5) is 13.0. The van der Waals surface area contributed by atoms with E-state index in [9.17, 15) is 13.2 Å². The molecule has 33 heavy (non-hydrogen) atoms. The molecule has 7 nitrogen and oxygen atoms in total. The number of nitrogens with zero attached hydrogens (tertiary/aromatic N) is 4. The third kappa shape index (κ3) is 5.58. The van der Waals surface area contributed by atoms with Crippen LogP contribution in [-0.4, -0.2) is 50.8 Å². The third-order valence-electron chi connectivity index (χ3n) is 6.40. The van der Waals surface area contributed by atoms with Crippen molar-refractivity contribution in [2.75, 3.05) is 17.3 Å². The Morgan fingerprint density at radius 1 is 1.18 bits per heavy atom. The lowest BCUT2D eigenvalue weighted by Gasteiger charge is -2.10. The van der Waals surface area contributed by atoms with Crippen LogP contribution in [0.2, 0.25) is 0 Å². The second kappa shape index (κ2) is 9.85. The van der Waals surface area contributed by atoms with E-state index in [1.807, 2.05) is 49.7 Å². The molecule has 176 valence electrons. The standard InChI is InChI=1S/C24H30N4O3S2/c1-17-13-21(18(2)28(17)11-9-19-7-5-4-6-8-19)22(29)15-32-24-26-25-23(27(24)3)14-20-10-12-33(30,31)16-20/h4-8,13,20H,9-12,14-16H2,1-3H3/t20-/m1/s1. The highest BCUT2D eigenvalue weighted by Gasteiger charge is 2.29. The quantitative estimate of drug-likeness (QED) is 0.340. The summed E-state index contributed by atoms with van der Waals surface area (Å²) in [6.07, 6.45) is 2.19. The number of ketones is 1. The van der Waals surface area contributed by atoms with E-state index in [0.29, 0.717) is 18.0 Å². The van der Waals surface area contributed by atoms with Gasteiger partial charge in [-0.1, -0.05) is 42.1 Å². The maximum absolute atomic E-state index is 13.0. The van der Waals surface area contributed by atoms with E-state index >= 15 is 0 Å². The van der Waals surface area contributed by atoms with Gasteiger partial charge in [0.2, 0.25) is 0 Å². The van der Waals surface area contributed by atoms with Crippen LogP contribution in [-0.2, 0) is 36.3 Å². The van der Waals surface area contributed by atoms with Crippen molar-refractivity contribution >= 4 is 27.4 Å². The normalized spacial score (nSPS) is 17.5. The van der Waals surface area contributed by atoms with Crippen molar-refractivity contribution in [2.45, 2.75) is 44.8 Å². The Kier molecular flexibility index (Phi) is 7.09. The molecule has 1 fully saturated rings. The van der Waals surface area contributed by atoms with Crippen LogP contribution in [0.1, 0.15) is 39.6 Å². The van der Waals surface area contributed by atoms with Gasteiger partial charge in [0.25, 0.3) is 0 Å². The van der Waals surface area contributed by atoms with E-state index in [1.165, 1.54) is 17.3 Å². The van der Waals surface area contributed by atoms with Gasteiger partial charge in [-0.2, -0.15) is 0 Å². The highest BCUT2D eigenvalue weighted by molar-refractivity contribution is 7.99. The van der Waals surface area contributed by atoms with Crippen LogP contribution < -0.4 is 0 Å². The molecule has 1 aromatic carbocycles. The summed E-state index contributed by atoms with van der Waals surface area (Å²) in [7, 11) is -1.03. The van der Waals surface area contributed by atoms with Crippen LogP contribution in [0.3, 0.4) is 0 Å². The van der Waals surface area contributed by atoms with Crippen LogP contribution in [0.15, 0.2) is 41.6 Å². The van der Waals surface area contributed by atoms with Gasteiger partial charge in [0.15, 0.2) is 20.8 Å². The lowest BCUT2D eigenvalue weighted by atomic mass is 10.1. The Morgan fingerprint density at radius 2 is 1.94 bits per heavy atom. The molecule has 0 unspecified atom stereocenters. The Bertz CT molecular complexity index is 1250. The molecule has 0 bridgehead atoms. The predicted molar refractivity (Wildman–Crippen MR) is 131 cm³/mol. The first kappa shape index (κ1) is 23.8. The molecule has 1 atom stereocenters. The number of hydrogen-bond donors (Lipinski definition) is 0. The molecule has 0 spiro atoms. The Hall–Kier alpha value is -2.39. The first-order valence-corrected chi connectivity index (χ1v) is 14.0. The average molecular weight is 487 g/mol. The Balaban J connectivity index is 1.37. The number of rotatable bonds is 9. The minimum absolute atomic E-state index is 0.0745. The SMILES string of the molecule is Cc1cc(C(=O)CSc2nnc(C[C@H]3CCS(=O)(=O)C3)n2C)c(C)n1CCc1ccccc1. The van der Waals surface area contributed by atoms with Crippen molar-refractivity contribution in [3.8, 4) is 0 Å². The molecular formula is C24H30N4O3S2. The summed E-state index contributed by atoms with van der Waals surface area (Å²) in [6.45, 7) is 4.89. The minimum atomic E-state index is -2.91. The second-order valence-electron chi connectivity index (χ2n) is 8.81. The Morgan fingerprint density at radius 3 is 2.64 bits per heavy atom. The molecule has 4 rings (SSSR count). The molecule has 1 saturated heterocycles. The molecule has 1 aliphatic rings. The fourth-order valence-corrected chi connectivity index (χ4v) is 7.14. The summed E-state index contributed by atoms with van der Waals surface area (Å²) in [5.74, 6) is 1.71.